The van der Waals surface area contributed by atoms with Crippen LogP contribution >= 0.6 is 11.6 Å². The number of methoxy groups -OCH3 is 2. The molecule has 0 bridgehead atoms. The SMILES string of the molecule is COc1cc(-c2cc(Cl)c3c(c2)CN(c2cn[nH]c2)C3=O)cnc1OC. The third-order valence-corrected chi connectivity index (χ3v) is 4.62. The zero-order valence-electron chi connectivity index (χ0n) is 14.1. The summed E-state index contributed by atoms with van der Waals surface area (Å²) in [6.45, 7) is 0.433. The number of fused-ring (bicyclic) bond motifs is 1. The maximum Gasteiger partial charge on any atom is 0.260 e. The smallest absolute Gasteiger partial charge is 0.260 e. The van der Waals surface area contributed by atoms with Crippen LogP contribution in [-0.2, 0) is 6.54 Å². The van der Waals surface area contributed by atoms with Crippen LogP contribution in [0, 0.1) is 0 Å². The Balaban J connectivity index is 1.76. The van der Waals surface area contributed by atoms with Gasteiger partial charge in [0.25, 0.3) is 11.8 Å². The molecule has 8 heteroatoms. The molecule has 7 nitrogen and oxygen atoms in total. The summed E-state index contributed by atoms with van der Waals surface area (Å²) in [5, 5.41) is 7.03. The van der Waals surface area contributed by atoms with Gasteiger partial charge in [-0.3, -0.25) is 9.89 Å². The van der Waals surface area contributed by atoms with Crippen molar-refractivity contribution in [3.8, 4) is 22.8 Å². The van der Waals surface area contributed by atoms with E-state index in [1.54, 1.807) is 36.7 Å². The number of carbonyl (C=O) groups is 1. The minimum Gasteiger partial charge on any atom is -0.491 e. The number of hydrogen-bond acceptors (Lipinski definition) is 5. The summed E-state index contributed by atoms with van der Waals surface area (Å²) in [7, 11) is 3.09. The van der Waals surface area contributed by atoms with Crippen LogP contribution in [0.3, 0.4) is 0 Å². The van der Waals surface area contributed by atoms with Crippen molar-refractivity contribution < 1.29 is 14.3 Å². The molecule has 0 radical (unpaired) electrons. The first kappa shape index (κ1) is 16.4. The molecule has 4 rings (SSSR count). The number of aromatic amines is 1. The highest BCUT2D eigenvalue weighted by molar-refractivity contribution is 6.35. The zero-order chi connectivity index (χ0) is 18.3. The van der Waals surface area contributed by atoms with Crippen molar-refractivity contribution in [2.75, 3.05) is 19.1 Å². The third kappa shape index (κ3) is 2.57. The number of benzene rings is 1. The second-order valence-electron chi connectivity index (χ2n) is 5.78. The van der Waals surface area contributed by atoms with Crippen molar-refractivity contribution >= 4 is 23.2 Å². The number of halogens is 1. The van der Waals surface area contributed by atoms with Crippen LogP contribution in [-0.4, -0.2) is 35.3 Å². The van der Waals surface area contributed by atoms with Crippen molar-refractivity contribution in [2.24, 2.45) is 0 Å². The molecule has 2 aromatic heterocycles. The molecule has 0 fully saturated rings. The lowest BCUT2D eigenvalue weighted by Gasteiger charge is -2.11. The van der Waals surface area contributed by atoms with Gasteiger partial charge in [-0.2, -0.15) is 5.10 Å². The number of pyridine rings is 1. The van der Waals surface area contributed by atoms with E-state index < -0.39 is 0 Å². The summed E-state index contributed by atoms with van der Waals surface area (Å²) in [5.41, 5.74) is 3.75. The van der Waals surface area contributed by atoms with Crippen LogP contribution in [0.2, 0.25) is 5.02 Å². The van der Waals surface area contributed by atoms with E-state index in [1.807, 2.05) is 12.1 Å². The highest BCUT2D eigenvalue weighted by Gasteiger charge is 2.32. The number of hydrogen-bond donors (Lipinski definition) is 1. The molecule has 3 heterocycles. The molecule has 0 atom stereocenters. The van der Waals surface area contributed by atoms with Crippen LogP contribution in [0.5, 0.6) is 11.6 Å². The number of aromatic nitrogens is 3. The number of carbonyl (C=O) groups excluding carboxylic acids is 1. The van der Waals surface area contributed by atoms with E-state index in [4.69, 9.17) is 21.1 Å². The van der Waals surface area contributed by atoms with Gasteiger partial charge in [-0.1, -0.05) is 11.6 Å². The number of rotatable bonds is 4. The van der Waals surface area contributed by atoms with E-state index in [-0.39, 0.29) is 5.91 Å². The molecular formula is C18H15ClN4O3. The number of amides is 1. The average Bonchev–Trinajstić information content (AvgIpc) is 3.29. The van der Waals surface area contributed by atoms with Gasteiger partial charge in [-0.25, -0.2) is 4.98 Å². The Bertz CT molecular complexity index is 988. The summed E-state index contributed by atoms with van der Waals surface area (Å²) < 4.78 is 10.5. The van der Waals surface area contributed by atoms with Gasteiger partial charge in [0.2, 0.25) is 0 Å². The molecule has 1 aliphatic rings. The summed E-state index contributed by atoms with van der Waals surface area (Å²) in [6.07, 6.45) is 4.97. The maximum absolute atomic E-state index is 12.7. The average molecular weight is 371 g/mol. The molecule has 0 spiro atoms. The maximum atomic E-state index is 12.7. The highest BCUT2D eigenvalue weighted by Crippen LogP contribution is 2.37. The van der Waals surface area contributed by atoms with Gasteiger partial charge < -0.3 is 14.4 Å². The van der Waals surface area contributed by atoms with E-state index in [0.29, 0.717) is 34.4 Å². The number of nitrogens with zero attached hydrogens (tertiary/aromatic N) is 3. The molecule has 26 heavy (non-hydrogen) atoms. The van der Waals surface area contributed by atoms with Crippen LogP contribution in [0.4, 0.5) is 5.69 Å². The van der Waals surface area contributed by atoms with Crippen LogP contribution in [0.1, 0.15) is 15.9 Å². The van der Waals surface area contributed by atoms with E-state index in [0.717, 1.165) is 16.7 Å². The molecule has 0 saturated carbocycles. The number of H-pyrrole nitrogens is 1. The predicted molar refractivity (Wildman–Crippen MR) is 96.9 cm³/mol. The molecule has 0 saturated heterocycles. The lowest BCUT2D eigenvalue weighted by atomic mass is 10.0. The van der Waals surface area contributed by atoms with Crippen molar-refractivity contribution in [3.05, 3.63) is 52.9 Å². The molecule has 0 aliphatic carbocycles. The lowest BCUT2D eigenvalue weighted by molar-refractivity contribution is 0.0997. The summed E-state index contributed by atoms with van der Waals surface area (Å²) in [6, 6.07) is 5.54. The minimum atomic E-state index is -0.136. The monoisotopic (exact) mass is 370 g/mol. The topological polar surface area (TPSA) is 80.3 Å². The van der Waals surface area contributed by atoms with Gasteiger partial charge in [-0.05, 0) is 29.3 Å². The fourth-order valence-electron chi connectivity index (χ4n) is 3.06. The van der Waals surface area contributed by atoms with Crippen molar-refractivity contribution in [1.82, 2.24) is 15.2 Å². The van der Waals surface area contributed by atoms with Crippen molar-refractivity contribution in [3.63, 3.8) is 0 Å². The predicted octanol–water partition coefficient (Wildman–Crippen LogP) is 3.30. The van der Waals surface area contributed by atoms with E-state index in [9.17, 15) is 4.79 Å². The standard InChI is InChI=1S/C18H15ClN4O3/c1-25-15-5-11(6-20-17(15)26-2)10-3-12-9-23(13-7-21-22-8-13)18(24)16(12)14(19)4-10/h3-8H,9H2,1-2H3,(H,21,22). The Kier molecular flexibility index (Phi) is 4.00. The van der Waals surface area contributed by atoms with E-state index in [1.165, 1.54) is 7.11 Å². The van der Waals surface area contributed by atoms with Gasteiger partial charge in [-0.15, -0.1) is 0 Å². The van der Waals surface area contributed by atoms with Crippen molar-refractivity contribution in [2.45, 2.75) is 6.54 Å². The molecule has 1 amide bonds. The minimum absolute atomic E-state index is 0.136. The molecule has 3 aromatic rings. The van der Waals surface area contributed by atoms with Gasteiger partial charge in [0.05, 0.1) is 43.2 Å². The van der Waals surface area contributed by atoms with Gasteiger partial charge in [0, 0.05) is 18.0 Å². The summed E-state index contributed by atoms with van der Waals surface area (Å²) >= 11 is 6.43. The highest BCUT2D eigenvalue weighted by atomic mass is 35.5. The molecule has 1 aliphatic heterocycles. The molecule has 1 N–H and O–H groups in total. The zero-order valence-corrected chi connectivity index (χ0v) is 14.9. The number of nitrogens with one attached hydrogen (secondary N) is 1. The Morgan fingerprint density at radius 2 is 2.00 bits per heavy atom. The molecule has 132 valence electrons. The third-order valence-electron chi connectivity index (χ3n) is 4.32. The van der Waals surface area contributed by atoms with Gasteiger partial charge >= 0.3 is 0 Å². The first-order valence-electron chi connectivity index (χ1n) is 7.84. The van der Waals surface area contributed by atoms with Crippen LogP contribution in [0.15, 0.2) is 36.8 Å². The van der Waals surface area contributed by atoms with Crippen LogP contribution in [0.25, 0.3) is 11.1 Å². The first-order valence-corrected chi connectivity index (χ1v) is 8.21. The Labute approximate surface area is 154 Å². The van der Waals surface area contributed by atoms with E-state index in [2.05, 4.69) is 15.2 Å². The molecular weight excluding hydrogens is 356 g/mol. The van der Waals surface area contributed by atoms with Crippen LogP contribution < -0.4 is 14.4 Å². The fourth-order valence-corrected chi connectivity index (χ4v) is 3.38. The fraction of sp³-hybridized carbons (Fsp3) is 0.167. The van der Waals surface area contributed by atoms with E-state index >= 15 is 0 Å². The van der Waals surface area contributed by atoms with Gasteiger partial charge in [0.1, 0.15) is 0 Å². The Morgan fingerprint density at radius 3 is 2.69 bits per heavy atom. The summed E-state index contributed by atoms with van der Waals surface area (Å²) in [4.78, 5) is 18.6. The van der Waals surface area contributed by atoms with Gasteiger partial charge in [0.15, 0.2) is 5.75 Å². The Morgan fingerprint density at radius 1 is 1.15 bits per heavy atom. The number of anilines is 1. The Hall–Kier alpha value is -3.06. The largest absolute Gasteiger partial charge is 0.491 e. The van der Waals surface area contributed by atoms with Crippen molar-refractivity contribution in [1.29, 1.82) is 0 Å². The summed E-state index contributed by atoms with van der Waals surface area (Å²) in [5.74, 6) is 0.797. The quantitative estimate of drug-likeness (QED) is 0.762. The molecule has 0 unspecified atom stereocenters. The second-order valence-corrected chi connectivity index (χ2v) is 6.18. The first-order chi connectivity index (χ1) is 12.6. The normalized spacial score (nSPS) is 13.0. The second kappa shape index (κ2) is 6.34. The molecule has 1 aromatic carbocycles. The number of ether oxygens (including phenoxy) is 2. The lowest BCUT2D eigenvalue weighted by Crippen LogP contribution is -2.22.